The van der Waals surface area contributed by atoms with Crippen molar-refractivity contribution in [2.75, 3.05) is 0 Å². The molecule has 1 atom stereocenters. The van der Waals surface area contributed by atoms with E-state index < -0.39 is 0 Å². The molecule has 3 aromatic rings. The van der Waals surface area contributed by atoms with Crippen LogP contribution in [0.25, 0.3) is 5.52 Å². The van der Waals surface area contributed by atoms with E-state index in [1.807, 2.05) is 32.2 Å². The van der Waals surface area contributed by atoms with E-state index in [1.54, 1.807) is 20.0 Å². The first-order valence-electron chi connectivity index (χ1n) is 9.48. The molecule has 1 unspecified atom stereocenters. The molecule has 1 amide bonds. The Balaban J connectivity index is 1.49. The van der Waals surface area contributed by atoms with Crippen LogP contribution in [-0.4, -0.2) is 35.9 Å². The van der Waals surface area contributed by atoms with Gasteiger partial charge in [0.2, 0.25) is 0 Å². The molecule has 0 radical (unpaired) electrons. The van der Waals surface area contributed by atoms with Crippen LogP contribution in [0.15, 0.2) is 29.3 Å². The zero-order valence-electron chi connectivity index (χ0n) is 15.7. The van der Waals surface area contributed by atoms with Crippen molar-refractivity contribution in [1.29, 1.82) is 0 Å². The highest BCUT2D eigenvalue weighted by molar-refractivity contribution is 6.01. The van der Waals surface area contributed by atoms with Crippen LogP contribution in [0, 0.1) is 6.92 Å². The van der Waals surface area contributed by atoms with E-state index in [4.69, 9.17) is 0 Å². The van der Waals surface area contributed by atoms with Crippen molar-refractivity contribution in [2.45, 2.75) is 58.7 Å². The number of hydrogen-bond donors (Lipinski definition) is 1. The van der Waals surface area contributed by atoms with Crippen molar-refractivity contribution in [2.24, 2.45) is 0 Å². The van der Waals surface area contributed by atoms with E-state index in [2.05, 4.69) is 15.5 Å². The van der Waals surface area contributed by atoms with E-state index in [1.165, 1.54) is 0 Å². The Labute approximate surface area is 156 Å². The van der Waals surface area contributed by atoms with Crippen molar-refractivity contribution >= 4 is 11.4 Å². The molecule has 0 aromatic carbocycles. The molecule has 4 rings (SSSR count). The molecule has 1 aliphatic heterocycles. The Bertz CT molecular complexity index is 1040. The Morgan fingerprint density at radius 1 is 1.37 bits per heavy atom. The van der Waals surface area contributed by atoms with Crippen LogP contribution in [0.4, 0.5) is 0 Å². The molecule has 4 heterocycles. The minimum absolute atomic E-state index is 0.0113. The topological polar surface area (TPSA) is 86.2 Å². The van der Waals surface area contributed by atoms with Gasteiger partial charge in [0, 0.05) is 31.7 Å². The average Bonchev–Trinajstić information content (AvgIpc) is 3.14. The van der Waals surface area contributed by atoms with Gasteiger partial charge in [0.05, 0.1) is 17.3 Å². The molecule has 0 spiro atoms. The number of aromatic nitrogens is 5. The fourth-order valence-electron chi connectivity index (χ4n) is 3.78. The predicted octanol–water partition coefficient (Wildman–Crippen LogP) is 1.55. The predicted molar refractivity (Wildman–Crippen MR) is 101 cm³/mol. The fraction of sp³-hybridized carbons (Fsp3) is 0.474. The first kappa shape index (κ1) is 17.5. The molecular weight excluding hydrogens is 344 g/mol. The smallest absolute Gasteiger partial charge is 0.345 e. The summed E-state index contributed by atoms with van der Waals surface area (Å²) in [5.41, 5.74) is 2.38. The Morgan fingerprint density at radius 3 is 3.04 bits per heavy atom. The maximum Gasteiger partial charge on any atom is 0.345 e. The van der Waals surface area contributed by atoms with Gasteiger partial charge in [-0.05, 0) is 37.8 Å². The molecule has 1 N–H and O–H groups in total. The molecule has 142 valence electrons. The number of pyridine rings is 1. The molecule has 1 aliphatic rings. The SMILES string of the molecule is CCCn1nc2n(c1=O)CCC(NC(=O)c1cnn3cccc(C)c13)CC2. The number of fused-ring (bicyclic) bond motifs is 2. The van der Waals surface area contributed by atoms with Gasteiger partial charge in [-0.15, -0.1) is 0 Å². The van der Waals surface area contributed by atoms with Gasteiger partial charge < -0.3 is 5.32 Å². The van der Waals surface area contributed by atoms with Crippen LogP contribution in [0.3, 0.4) is 0 Å². The first-order valence-corrected chi connectivity index (χ1v) is 9.48. The number of nitrogens with zero attached hydrogens (tertiary/aromatic N) is 5. The highest BCUT2D eigenvalue weighted by Gasteiger charge is 2.23. The number of amides is 1. The molecule has 0 saturated heterocycles. The third-order valence-corrected chi connectivity index (χ3v) is 5.17. The minimum atomic E-state index is -0.118. The Hall–Kier alpha value is -2.90. The first-order chi connectivity index (χ1) is 13.1. The van der Waals surface area contributed by atoms with Crippen LogP contribution in [-0.2, 0) is 19.5 Å². The van der Waals surface area contributed by atoms with E-state index in [9.17, 15) is 9.59 Å². The molecule has 3 aromatic heterocycles. The van der Waals surface area contributed by atoms with Gasteiger partial charge in [-0.1, -0.05) is 13.0 Å². The molecule has 0 fully saturated rings. The summed E-state index contributed by atoms with van der Waals surface area (Å²) in [6.07, 6.45) is 6.51. The largest absolute Gasteiger partial charge is 0.349 e. The zero-order chi connectivity index (χ0) is 19.0. The summed E-state index contributed by atoms with van der Waals surface area (Å²) in [7, 11) is 0. The van der Waals surface area contributed by atoms with Crippen LogP contribution in [0.5, 0.6) is 0 Å². The Morgan fingerprint density at radius 2 is 2.22 bits per heavy atom. The van der Waals surface area contributed by atoms with Gasteiger partial charge >= 0.3 is 5.69 Å². The number of nitrogens with one attached hydrogen (secondary N) is 1. The standard InChI is InChI=1S/C19H24N6O2/c1-3-9-25-19(27)23-11-8-14(6-7-16(23)22-25)21-18(26)15-12-20-24-10-4-5-13(2)17(15)24/h4-5,10,12,14H,3,6-9,11H2,1-2H3,(H,21,26). The number of rotatable bonds is 4. The molecule has 0 saturated carbocycles. The molecule has 8 heteroatoms. The van der Waals surface area contributed by atoms with E-state index in [0.29, 0.717) is 31.5 Å². The molecule has 0 bridgehead atoms. The van der Waals surface area contributed by atoms with E-state index in [-0.39, 0.29) is 17.6 Å². The minimum Gasteiger partial charge on any atom is -0.349 e. The third-order valence-electron chi connectivity index (χ3n) is 5.17. The summed E-state index contributed by atoms with van der Waals surface area (Å²) >= 11 is 0. The number of carbonyl (C=O) groups is 1. The van der Waals surface area contributed by atoms with E-state index in [0.717, 1.165) is 29.7 Å². The summed E-state index contributed by atoms with van der Waals surface area (Å²) in [4.78, 5) is 25.2. The van der Waals surface area contributed by atoms with E-state index >= 15 is 0 Å². The fourth-order valence-corrected chi connectivity index (χ4v) is 3.78. The van der Waals surface area contributed by atoms with Gasteiger partial charge in [0.15, 0.2) is 0 Å². The second-order valence-electron chi connectivity index (χ2n) is 7.11. The van der Waals surface area contributed by atoms with Gasteiger partial charge in [-0.25, -0.2) is 14.0 Å². The van der Waals surface area contributed by atoms with Gasteiger partial charge in [-0.2, -0.15) is 10.2 Å². The van der Waals surface area contributed by atoms with Crippen LogP contribution in [0.1, 0.15) is 47.9 Å². The summed E-state index contributed by atoms with van der Waals surface area (Å²) in [6.45, 7) is 5.23. The second-order valence-corrected chi connectivity index (χ2v) is 7.11. The highest BCUT2D eigenvalue weighted by atomic mass is 16.2. The van der Waals surface area contributed by atoms with Crippen molar-refractivity contribution in [1.82, 2.24) is 29.3 Å². The van der Waals surface area contributed by atoms with Gasteiger partial charge in [0.1, 0.15) is 5.82 Å². The zero-order valence-corrected chi connectivity index (χ0v) is 15.7. The summed E-state index contributed by atoms with van der Waals surface area (Å²) in [6, 6.07) is 3.90. The lowest BCUT2D eigenvalue weighted by Crippen LogP contribution is -2.35. The average molecular weight is 368 g/mol. The normalized spacial score (nSPS) is 16.9. The monoisotopic (exact) mass is 368 g/mol. The number of aryl methyl sites for hydroxylation is 3. The van der Waals surface area contributed by atoms with Gasteiger partial charge in [0.25, 0.3) is 5.91 Å². The lowest BCUT2D eigenvalue weighted by molar-refractivity contribution is 0.0934. The van der Waals surface area contributed by atoms with Gasteiger partial charge in [-0.3, -0.25) is 9.36 Å². The van der Waals surface area contributed by atoms with Crippen LogP contribution in [0.2, 0.25) is 0 Å². The van der Waals surface area contributed by atoms with Crippen LogP contribution < -0.4 is 11.0 Å². The number of hydrogen-bond acceptors (Lipinski definition) is 4. The number of carbonyl (C=O) groups excluding carboxylic acids is 1. The second kappa shape index (κ2) is 7.02. The lowest BCUT2D eigenvalue weighted by atomic mass is 10.1. The lowest BCUT2D eigenvalue weighted by Gasteiger charge is -2.15. The molecular formula is C19H24N6O2. The maximum atomic E-state index is 12.8. The van der Waals surface area contributed by atoms with Crippen molar-refractivity contribution in [3.8, 4) is 0 Å². The van der Waals surface area contributed by atoms with Crippen LogP contribution >= 0.6 is 0 Å². The summed E-state index contributed by atoms with van der Waals surface area (Å²) in [5.74, 6) is 0.698. The van der Waals surface area contributed by atoms with Crippen molar-refractivity contribution in [3.05, 3.63) is 52.0 Å². The Kier molecular flexibility index (Phi) is 4.55. The van der Waals surface area contributed by atoms with Crippen molar-refractivity contribution in [3.63, 3.8) is 0 Å². The maximum absolute atomic E-state index is 12.8. The summed E-state index contributed by atoms with van der Waals surface area (Å²) in [5, 5.41) is 11.9. The van der Waals surface area contributed by atoms with Crippen molar-refractivity contribution < 1.29 is 4.79 Å². The molecule has 8 nitrogen and oxygen atoms in total. The molecule has 0 aliphatic carbocycles. The highest BCUT2D eigenvalue weighted by Crippen LogP contribution is 2.17. The molecule has 27 heavy (non-hydrogen) atoms. The summed E-state index contributed by atoms with van der Waals surface area (Å²) < 4.78 is 5.03. The quantitative estimate of drug-likeness (QED) is 0.757. The third kappa shape index (κ3) is 3.15.